The summed E-state index contributed by atoms with van der Waals surface area (Å²) >= 11 is 3.31. The summed E-state index contributed by atoms with van der Waals surface area (Å²) in [5, 5.41) is 0. The van der Waals surface area contributed by atoms with Crippen molar-refractivity contribution < 1.29 is 0 Å². The minimum Gasteiger partial charge on any atom is -0.299 e. The topological polar surface area (TPSA) is 44.0 Å². The van der Waals surface area contributed by atoms with Gasteiger partial charge in [0, 0.05) is 19.3 Å². The van der Waals surface area contributed by atoms with Gasteiger partial charge in [-0.05, 0) is 28.8 Å². The van der Waals surface area contributed by atoms with Crippen LogP contribution < -0.4 is 11.2 Å². The molecule has 0 spiro atoms. The molecule has 132 valence electrons. The molecule has 0 N–H and O–H groups in total. The molecule has 0 radical (unpaired) electrons. The highest BCUT2D eigenvalue weighted by atomic mass is 79.9. The van der Waals surface area contributed by atoms with Crippen LogP contribution in [0.15, 0.2) is 20.3 Å². The molecule has 1 rings (SSSR count). The van der Waals surface area contributed by atoms with E-state index >= 15 is 0 Å². The summed E-state index contributed by atoms with van der Waals surface area (Å²) in [5.74, 6) is 0. The van der Waals surface area contributed by atoms with E-state index in [2.05, 4.69) is 29.8 Å². The lowest BCUT2D eigenvalue weighted by Crippen LogP contribution is -2.40. The Balaban J connectivity index is 2.66. The van der Waals surface area contributed by atoms with E-state index in [0.29, 0.717) is 17.6 Å². The average Bonchev–Trinajstić information content (AvgIpc) is 2.54. The van der Waals surface area contributed by atoms with Gasteiger partial charge in [-0.1, -0.05) is 65.2 Å². The van der Waals surface area contributed by atoms with Crippen LogP contribution in [0.5, 0.6) is 0 Å². The fourth-order valence-electron chi connectivity index (χ4n) is 2.73. The summed E-state index contributed by atoms with van der Waals surface area (Å²) in [4.78, 5) is 24.7. The second-order valence-corrected chi connectivity index (χ2v) is 7.09. The Morgan fingerprint density at radius 2 is 1.35 bits per heavy atom. The maximum absolute atomic E-state index is 12.5. The van der Waals surface area contributed by atoms with E-state index < -0.39 is 0 Å². The zero-order chi connectivity index (χ0) is 17.1. The van der Waals surface area contributed by atoms with Crippen LogP contribution >= 0.6 is 15.9 Å². The smallest absolute Gasteiger partial charge is 0.299 e. The number of aryl methyl sites for hydroxylation is 1. The first-order valence-corrected chi connectivity index (χ1v) is 9.90. The molecule has 0 amide bonds. The third-order valence-electron chi connectivity index (χ3n) is 4.18. The first-order valence-electron chi connectivity index (χ1n) is 9.11. The van der Waals surface area contributed by atoms with Crippen LogP contribution in [0.25, 0.3) is 0 Å². The lowest BCUT2D eigenvalue weighted by molar-refractivity contribution is 0.490. The summed E-state index contributed by atoms with van der Waals surface area (Å²) in [5.41, 5.74) is -0.364. The fraction of sp³-hybridized carbons (Fsp3) is 0.778. The number of hydrogen-bond donors (Lipinski definition) is 0. The SMILES string of the molecule is CCCCCCCn1cc(Br)c(=O)n(CCCCCCC)c1=O. The number of aromatic nitrogens is 2. The summed E-state index contributed by atoms with van der Waals surface area (Å²) in [6.45, 7) is 5.59. The Morgan fingerprint density at radius 3 is 1.91 bits per heavy atom. The van der Waals surface area contributed by atoms with Gasteiger partial charge in [-0.2, -0.15) is 0 Å². The normalized spacial score (nSPS) is 11.1. The molecular weight excluding hydrogens is 356 g/mol. The zero-order valence-corrected chi connectivity index (χ0v) is 16.2. The number of halogens is 1. The maximum Gasteiger partial charge on any atom is 0.331 e. The third-order valence-corrected chi connectivity index (χ3v) is 4.73. The molecule has 0 aliphatic rings. The molecular formula is C18H31BrN2O2. The van der Waals surface area contributed by atoms with Crippen molar-refractivity contribution in [2.45, 2.75) is 91.1 Å². The summed E-state index contributed by atoms with van der Waals surface area (Å²) in [6.07, 6.45) is 13.0. The summed E-state index contributed by atoms with van der Waals surface area (Å²) in [6, 6.07) is 0. The molecule has 5 heteroatoms. The van der Waals surface area contributed by atoms with Crippen LogP contribution in [0.3, 0.4) is 0 Å². The highest BCUT2D eigenvalue weighted by molar-refractivity contribution is 9.10. The first-order chi connectivity index (χ1) is 11.1. The van der Waals surface area contributed by atoms with Crippen LogP contribution in [0.1, 0.15) is 78.1 Å². The van der Waals surface area contributed by atoms with Gasteiger partial charge >= 0.3 is 5.69 Å². The zero-order valence-electron chi connectivity index (χ0n) is 14.7. The Kier molecular flexibility index (Phi) is 10.2. The molecule has 4 nitrogen and oxygen atoms in total. The molecule has 0 aliphatic carbocycles. The Bertz CT molecular complexity index is 563. The molecule has 0 fully saturated rings. The van der Waals surface area contributed by atoms with Gasteiger partial charge in [0.1, 0.15) is 0 Å². The Labute approximate surface area is 148 Å². The molecule has 0 bridgehead atoms. The van der Waals surface area contributed by atoms with E-state index in [1.807, 2.05) is 0 Å². The van der Waals surface area contributed by atoms with Crippen molar-refractivity contribution in [2.24, 2.45) is 0 Å². The van der Waals surface area contributed by atoms with E-state index in [0.717, 1.165) is 25.7 Å². The monoisotopic (exact) mass is 386 g/mol. The minimum absolute atomic E-state index is 0.163. The maximum atomic E-state index is 12.5. The van der Waals surface area contributed by atoms with E-state index in [4.69, 9.17) is 0 Å². The van der Waals surface area contributed by atoms with Crippen molar-refractivity contribution in [2.75, 3.05) is 0 Å². The van der Waals surface area contributed by atoms with Gasteiger partial charge in [0.25, 0.3) is 5.56 Å². The number of rotatable bonds is 12. The van der Waals surface area contributed by atoms with E-state index in [1.54, 1.807) is 10.8 Å². The molecule has 0 aromatic carbocycles. The van der Waals surface area contributed by atoms with Crippen molar-refractivity contribution in [3.05, 3.63) is 31.5 Å². The summed E-state index contributed by atoms with van der Waals surface area (Å²) < 4.78 is 3.56. The molecule has 23 heavy (non-hydrogen) atoms. The van der Waals surface area contributed by atoms with Crippen LogP contribution in [0, 0.1) is 0 Å². The van der Waals surface area contributed by atoms with Gasteiger partial charge in [-0.15, -0.1) is 0 Å². The van der Waals surface area contributed by atoms with Gasteiger partial charge in [-0.25, -0.2) is 4.79 Å². The number of unbranched alkanes of at least 4 members (excludes halogenated alkanes) is 8. The third kappa shape index (κ3) is 7.06. The second-order valence-electron chi connectivity index (χ2n) is 6.24. The van der Waals surface area contributed by atoms with Crippen LogP contribution in [0.4, 0.5) is 0 Å². The predicted molar refractivity (Wildman–Crippen MR) is 100 cm³/mol. The first kappa shape index (κ1) is 20.2. The van der Waals surface area contributed by atoms with Crippen molar-refractivity contribution in [1.82, 2.24) is 9.13 Å². The largest absolute Gasteiger partial charge is 0.331 e. The van der Waals surface area contributed by atoms with Gasteiger partial charge < -0.3 is 0 Å². The fourth-order valence-corrected chi connectivity index (χ4v) is 3.20. The molecule has 1 heterocycles. The lowest BCUT2D eigenvalue weighted by atomic mass is 10.1. The van der Waals surface area contributed by atoms with E-state index in [9.17, 15) is 9.59 Å². The van der Waals surface area contributed by atoms with Crippen LogP contribution in [0.2, 0.25) is 0 Å². The molecule has 1 aromatic rings. The van der Waals surface area contributed by atoms with Crippen molar-refractivity contribution in [1.29, 1.82) is 0 Å². The van der Waals surface area contributed by atoms with Crippen LogP contribution in [-0.2, 0) is 13.1 Å². The van der Waals surface area contributed by atoms with Crippen molar-refractivity contribution in [3.8, 4) is 0 Å². The number of nitrogens with zero attached hydrogens (tertiary/aromatic N) is 2. The highest BCUT2D eigenvalue weighted by Gasteiger charge is 2.09. The van der Waals surface area contributed by atoms with Crippen molar-refractivity contribution in [3.63, 3.8) is 0 Å². The summed E-state index contributed by atoms with van der Waals surface area (Å²) in [7, 11) is 0. The van der Waals surface area contributed by atoms with Gasteiger partial charge in [0.15, 0.2) is 0 Å². The molecule has 1 aromatic heterocycles. The van der Waals surface area contributed by atoms with Crippen molar-refractivity contribution >= 4 is 15.9 Å². The lowest BCUT2D eigenvalue weighted by Gasteiger charge is -2.11. The Morgan fingerprint density at radius 1 is 0.826 bits per heavy atom. The highest BCUT2D eigenvalue weighted by Crippen LogP contribution is 2.06. The van der Waals surface area contributed by atoms with Gasteiger partial charge in [0.2, 0.25) is 0 Å². The quantitative estimate of drug-likeness (QED) is 0.488. The van der Waals surface area contributed by atoms with Gasteiger partial charge in [-0.3, -0.25) is 13.9 Å². The standard InChI is InChI=1S/C18H31BrN2O2/c1-3-5-7-9-11-13-20-15-16(19)17(22)21(18(20)23)14-12-10-8-6-4-2/h15H,3-14H2,1-2H3. The van der Waals surface area contributed by atoms with E-state index in [-0.39, 0.29) is 11.2 Å². The molecule has 0 atom stereocenters. The molecule has 0 aliphatic heterocycles. The minimum atomic E-state index is -0.201. The van der Waals surface area contributed by atoms with E-state index in [1.165, 1.54) is 43.1 Å². The predicted octanol–water partition coefficient (Wildman–Crippen LogP) is 4.71. The Hall–Kier alpha value is -0.840. The average molecular weight is 387 g/mol. The second kappa shape index (κ2) is 11.7. The van der Waals surface area contributed by atoms with Crippen LogP contribution in [-0.4, -0.2) is 9.13 Å². The molecule has 0 saturated carbocycles. The number of hydrogen-bond acceptors (Lipinski definition) is 2. The van der Waals surface area contributed by atoms with Gasteiger partial charge in [0.05, 0.1) is 4.47 Å². The molecule has 0 saturated heterocycles. The molecule has 0 unspecified atom stereocenters.